The van der Waals surface area contributed by atoms with Crippen molar-refractivity contribution in [1.82, 2.24) is 0 Å². The van der Waals surface area contributed by atoms with Gasteiger partial charge in [0.15, 0.2) is 11.4 Å². The summed E-state index contributed by atoms with van der Waals surface area (Å²) in [5.41, 5.74) is -5.85. The van der Waals surface area contributed by atoms with Gasteiger partial charge in [-0.25, -0.2) is 0 Å². The average molecular weight is 467 g/mol. The fourth-order valence-electron chi connectivity index (χ4n) is 7.98. The molecular formula is C26H46O5Si. The van der Waals surface area contributed by atoms with E-state index in [4.69, 9.17) is 4.74 Å². The molecule has 3 N–H and O–H groups in total. The molecule has 8 atom stereocenters. The summed E-state index contributed by atoms with van der Waals surface area (Å²) in [5.74, 6) is -0.759. The Morgan fingerprint density at radius 2 is 1.66 bits per heavy atom. The summed E-state index contributed by atoms with van der Waals surface area (Å²) in [5, 5.41) is 35.8. The van der Waals surface area contributed by atoms with E-state index in [0.717, 1.165) is 12.8 Å². The molecule has 6 heteroatoms. The quantitative estimate of drug-likeness (QED) is 0.413. The number of Topliss-reactive ketones (excluding diaryl/α,β-unsaturated/α-hetero) is 1. The summed E-state index contributed by atoms with van der Waals surface area (Å²) in [6.45, 7) is 24.9. The van der Waals surface area contributed by atoms with Crippen molar-refractivity contribution < 1.29 is 24.9 Å². The molecule has 0 spiro atoms. The second kappa shape index (κ2) is 7.00. The average Bonchev–Trinajstić information content (AvgIpc) is 2.62. The van der Waals surface area contributed by atoms with Crippen molar-refractivity contribution in [1.29, 1.82) is 0 Å². The number of hydrogen-bond acceptors (Lipinski definition) is 5. The fourth-order valence-corrected chi connectivity index (χ4v) is 11.8. The van der Waals surface area contributed by atoms with Crippen molar-refractivity contribution in [3.8, 4) is 0 Å². The topological polar surface area (TPSA) is 87.0 Å². The first kappa shape index (κ1) is 26.1. The number of ketones is 1. The Balaban J connectivity index is 2.38. The summed E-state index contributed by atoms with van der Waals surface area (Å²) in [6, 6.07) is 0. The normalized spacial score (nSPS) is 49.2. The largest absolute Gasteiger partial charge is 0.390 e. The van der Waals surface area contributed by atoms with Gasteiger partial charge in [0.05, 0.1) is 19.8 Å². The van der Waals surface area contributed by atoms with Gasteiger partial charge in [-0.05, 0) is 36.3 Å². The molecular weight excluding hydrogens is 420 g/mol. The lowest BCUT2D eigenvalue weighted by Gasteiger charge is -2.73. The predicted molar refractivity (Wildman–Crippen MR) is 130 cm³/mol. The number of carbonyl (C=O) groups is 1. The molecule has 0 aromatic heterocycles. The molecule has 0 amide bonds. The van der Waals surface area contributed by atoms with E-state index in [1.165, 1.54) is 0 Å². The van der Waals surface area contributed by atoms with Gasteiger partial charge < -0.3 is 20.1 Å². The Bertz CT molecular complexity index is 816. The van der Waals surface area contributed by atoms with E-state index < -0.39 is 48.4 Å². The van der Waals surface area contributed by atoms with E-state index >= 15 is 0 Å². The maximum absolute atomic E-state index is 14.0. The highest BCUT2D eigenvalue weighted by Gasteiger charge is 2.81. The molecule has 2 saturated carbocycles. The van der Waals surface area contributed by atoms with Crippen LogP contribution in [-0.2, 0) is 9.53 Å². The van der Waals surface area contributed by atoms with Crippen LogP contribution in [0, 0.1) is 16.7 Å². The van der Waals surface area contributed by atoms with Crippen molar-refractivity contribution in [2.24, 2.45) is 16.7 Å². The summed E-state index contributed by atoms with van der Waals surface area (Å²) < 4.78 is 6.42. The van der Waals surface area contributed by atoms with Crippen LogP contribution in [0.4, 0.5) is 0 Å². The van der Waals surface area contributed by atoms with E-state index in [1.54, 1.807) is 19.9 Å². The van der Waals surface area contributed by atoms with Crippen LogP contribution in [0.3, 0.4) is 0 Å². The lowest BCUT2D eigenvalue weighted by atomic mass is 9.40. The summed E-state index contributed by atoms with van der Waals surface area (Å²) in [6.07, 6.45) is 0.807. The SMILES string of the molecule is C=C[C@@]1(C)CC(=O)[C@]2(O)[C@]3(C)[C@@H]([C@H](O)[C@H](O)[C@@]2(C)O1)C(C)(C)CC[C@@H]3[Si](C)(C)C(C)(C)C. The first-order valence-corrected chi connectivity index (χ1v) is 15.2. The van der Waals surface area contributed by atoms with Gasteiger partial charge in [-0.3, -0.25) is 4.79 Å². The van der Waals surface area contributed by atoms with Crippen molar-refractivity contribution in [3.63, 3.8) is 0 Å². The molecule has 3 rings (SSSR count). The number of carbonyl (C=O) groups excluding carboxylic acids is 1. The molecule has 5 nitrogen and oxygen atoms in total. The smallest absolute Gasteiger partial charge is 0.171 e. The van der Waals surface area contributed by atoms with Crippen LogP contribution in [0.5, 0.6) is 0 Å². The third kappa shape index (κ3) is 2.92. The Morgan fingerprint density at radius 3 is 2.12 bits per heavy atom. The van der Waals surface area contributed by atoms with E-state index in [1.807, 2.05) is 6.92 Å². The number of ether oxygens (including phenoxy) is 1. The molecule has 1 saturated heterocycles. The summed E-state index contributed by atoms with van der Waals surface area (Å²) in [4.78, 5) is 14.0. The Labute approximate surface area is 195 Å². The highest BCUT2D eigenvalue weighted by Crippen LogP contribution is 2.73. The Hall–Kier alpha value is -0.533. The highest BCUT2D eigenvalue weighted by atomic mass is 28.3. The molecule has 0 aromatic carbocycles. The summed E-state index contributed by atoms with van der Waals surface area (Å²) in [7, 11) is -2.11. The highest BCUT2D eigenvalue weighted by molar-refractivity contribution is 6.81. The van der Waals surface area contributed by atoms with Crippen LogP contribution in [0.1, 0.15) is 74.7 Å². The van der Waals surface area contributed by atoms with Crippen LogP contribution < -0.4 is 0 Å². The van der Waals surface area contributed by atoms with Crippen LogP contribution in [0.2, 0.25) is 23.7 Å². The molecule has 0 bridgehead atoms. The number of rotatable bonds is 2. The third-order valence-electron chi connectivity index (χ3n) is 10.6. The zero-order chi connectivity index (χ0) is 24.9. The molecule has 0 aromatic rings. The zero-order valence-corrected chi connectivity index (χ0v) is 22.9. The predicted octanol–water partition coefficient (Wildman–Crippen LogP) is 4.47. The Kier molecular flexibility index (Phi) is 5.71. The molecule has 184 valence electrons. The molecule has 0 unspecified atom stereocenters. The van der Waals surface area contributed by atoms with Gasteiger partial charge >= 0.3 is 0 Å². The van der Waals surface area contributed by atoms with E-state index in [9.17, 15) is 20.1 Å². The standard InChI is InChI=1S/C26H46O5Si/c1-12-23(7)15-16(27)26(30)24(8)17(32(10,11)21(2,3)4)13-14-22(5,6)19(24)18(28)20(29)25(26,9)31-23/h12,17-20,28-30H,1,13-15H2,2-11H3/t17-,18-,19-,20-,23-,24-,25+,26-/m0/s1. The molecule has 0 radical (unpaired) electrons. The maximum atomic E-state index is 14.0. The number of fused-ring (bicyclic) bond motifs is 3. The molecule has 1 aliphatic heterocycles. The summed E-state index contributed by atoms with van der Waals surface area (Å²) >= 11 is 0. The third-order valence-corrected chi connectivity index (χ3v) is 17.1. The van der Waals surface area contributed by atoms with Crippen LogP contribution in [0.15, 0.2) is 12.7 Å². The molecule has 32 heavy (non-hydrogen) atoms. The fraction of sp³-hybridized carbons (Fsp3) is 0.885. The minimum atomic E-state index is -2.11. The monoisotopic (exact) mass is 466 g/mol. The minimum Gasteiger partial charge on any atom is -0.390 e. The second-order valence-corrected chi connectivity index (χ2v) is 19.4. The van der Waals surface area contributed by atoms with E-state index in [-0.39, 0.29) is 28.2 Å². The first-order chi connectivity index (χ1) is 14.2. The molecule has 3 aliphatic rings. The Morgan fingerprint density at radius 1 is 1.12 bits per heavy atom. The van der Waals surface area contributed by atoms with E-state index in [2.05, 4.69) is 54.3 Å². The van der Waals surface area contributed by atoms with Crippen molar-refractivity contribution in [2.45, 2.75) is 127 Å². The second-order valence-electron chi connectivity index (χ2n) is 13.8. The van der Waals surface area contributed by atoms with Crippen LogP contribution in [0.25, 0.3) is 0 Å². The zero-order valence-electron chi connectivity index (χ0n) is 21.9. The number of aliphatic hydroxyl groups is 3. The number of hydrogen-bond donors (Lipinski definition) is 3. The number of aliphatic hydroxyl groups excluding tert-OH is 2. The minimum absolute atomic E-state index is 0.00162. The lowest BCUT2D eigenvalue weighted by Crippen LogP contribution is -2.86. The molecule has 3 fully saturated rings. The maximum Gasteiger partial charge on any atom is 0.171 e. The van der Waals surface area contributed by atoms with E-state index in [0.29, 0.717) is 0 Å². The van der Waals surface area contributed by atoms with Crippen molar-refractivity contribution in [3.05, 3.63) is 12.7 Å². The molecule has 2 aliphatic carbocycles. The van der Waals surface area contributed by atoms with Crippen molar-refractivity contribution >= 4 is 13.9 Å². The molecule has 1 heterocycles. The van der Waals surface area contributed by atoms with Gasteiger partial charge in [-0.15, -0.1) is 6.58 Å². The first-order valence-electron chi connectivity index (χ1n) is 12.1. The van der Waals surface area contributed by atoms with Crippen LogP contribution >= 0.6 is 0 Å². The van der Waals surface area contributed by atoms with Gasteiger partial charge in [0, 0.05) is 17.8 Å². The van der Waals surface area contributed by atoms with Crippen molar-refractivity contribution in [2.75, 3.05) is 0 Å². The van der Waals surface area contributed by atoms with Crippen LogP contribution in [-0.4, -0.2) is 58.2 Å². The van der Waals surface area contributed by atoms with Gasteiger partial charge in [-0.2, -0.15) is 0 Å². The van der Waals surface area contributed by atoms with Gasteiger partial charge in [0.1, 0.15) is 11.7 Å². The van der Waals surface area contributed by atoms with Gasteiger partial charge in [0.2, 0.25) is 0 Å². The van der Waals surface area contributed by atoms with Gasteiger partial charge in [0.25, 0.3) is 0 Å². The lowest BCUT2D eigenvalue weighted by molar-refractivity contribution is -0.356. The van der Waals surface area contributed by atoms with Gasteiger partial charge in [-0.1, -0.05) is 67.1 Å².